The molecule has 1 saturated heterocycles. The smallest absolute Gasteiger partial charge is 0.00431 e. The van der Waals surface area contributed by atoms with Crippen molar-refractivity contribution in [3.63, 3.8) is 0 Å². The molecule has 1 nitrogen and oxygen atoms in total. The zero-order chi connectivity index (χ0) is 8.23. The first kappa shape index (κ1) is 13.8. The average molecular weight is 234 g/mol. The standard InChI is InChI=1S/C11H15N.2ClH/c1-2-4-10(5-3-1)11-6-8-12-9-7-11;;/h1-5,11-12H,6-9H2;2*1H. The van der Waals surface area contributed by atoms with Crippen LogP contribution in [0.5, 0.6) is 0 Å². The lowest BCUT2D eigenvalue weighted by atomic mass is 9.90. The molecular weight excluding hydrogens is 217 g/mol. The molecule has 0 aliphatic carbocycles. The number of hydrogen-bond acceptors (Lipinski definition) is 1. The van der Waals surface area contributed by atoms with Crippen molar-refractivity contribution in [2.75, 3.05) is 13.1 Å². The van der Waals surface area contributed by atoms with Crippen LogP contribution in [0.4, 0.5) is 0 Å². The van der Waals surface area contributed by atoms with Crippen molar-refractivity contribution in [2.45, 2.75) is 18.8 Å². The first-order valence-corrected chi connectivity index (χ1v) is 4.72. The lowest BCUT2D eigenvalue weighted by Crippen LogP contribution is -2.26. The van der Waals surface area contributed by atoms with E-state index in [-0.39, 0.29) is 24.8 Å². The summed E-state index contributed by atoms with van der Waals surface area (Å²) in [5.74, 6) is 0.799. The van der Waals surface area contributed by atoms with Crippen LogP contribution >= 0.6 is 24.8 Å². The Morgan fingerprint density at radius 3 is 2.07 bits per heavy atom. The van der Waals surface area contributed by atoms with Crippen LogP contribution in [0.3, 0.4) is 0 Å². The molecule has 3 heteroatoms. The van der Waals surface area contributed by atoms with E-state index < -0.39 is 0 Å². The third-order valence-corrected chi connectivity index (χ3v) is 2.61. The third kappa shape index (κ3) is 3.49. The molecule has 1 N–H and O–H groups in total. The minimum Gasteiger partial charge on any atom is -0.317 e. The molecule has 0 radical (unpaired) electrons. The summed E-state index contributed by atoms with van der Waals surface area (Å²) in [6.45, 7) is 2.36. The summed E-state index contributed by atoms with van der Waals surface area (Å²) in [5.41, 5.74) is 1.51. The van der Waals surface area contributed by atoms with E-state index in [1.807, 2.05) is 0 Å². The van der Waals surface area contributed by atoms with Gasteiger partial charge in [0.1, 0.15) is 0 Å². The van der Waals surface area contributed by atoms with Gasteiger partial charge in [0.25, 0.3) is 0 Å². The van der Waals surface area contributed by atoms with Crippen molar-refractivity contribution < 1.29 is 0 Å². The minimum absolute atomic E-state index is 0. The number of nitrogens with one attached hydrogen (secondary N) is 1. The maximum absolute atomic E-state index is 3.38. The van der Waals surface area contributed by atoms with Crippen molar-refractivity contribution in [1.82, 2.24) is 5.32 Å². The fourth-order valence-corrected chi connectivity index (χ4v) is 1.88. The monoisotopic (exact) mass is 233 g/mol. The normalized spacial score (nSPS) is 16.6. The third-order valence-electron chi connectivity index (χ3n) is 2.61. The summed E-state index contributed by atoms with van der Waals surface area (Å²) in [5, 5.41) is 3.38. The van der Waals surface area contributed by atoms with Gasteiger partial charge in [-0.1, -0.05) is 30.3 Å². The van der Waals surface area contributed by atoms with E-state index in [0.717, 1.165) is 5.92 Å². The largest absolute Gasteiger partial charge is 0.317 e. The SMILES string of the molecule is Cl.Cl.c1ccc(C2CCNCC2)cc1. The second kappa shape index (κ2) is 7.10. The van der Waals surface area contributed by atoms with Gasteiger partial charge in [0, 0.05) is 0 Å². The van der Waals surface area contributed by atoms with E-state index in [1.165, 1.54) is 31.5 Å². The molecule has 80 valence electrons. The summed E-state index contributed by atoms with van der Waals surface area (Å²) in [6, 6.07) is 10.9. The zero-order valence-electron chi connectivity index (χ0n) is 8.11. The van der Waals surface area contributed by atoms with Crippen LogP contribution < -0.4 is 5.32 Å². The van der Waals surface area contributed by atoms with Gasteiger partial charge in [0.2, 0.25) is 0 Å². The molecule has 0 atom stereocenters. The van der Waals surface area contributed by atoms with Crippen molar-refractivity contribution in [3.05, 3.63) is 35.9 Å². The highest BCUT2D eigenvalue weighted by atomic mass is 35.5. The van der Waals surface area contributed by atoms with Crippen LogP contribution in [0.25, 0.3) is 0 Å². The topological polar surface area (TPSA) is 12.0 Å². The number of piperidine rings is 1. The van der Waals surface area contributed by atoms with Gasteiger partial charge in [-0.3, -0.25) is 0 Å². The van der Waals surface area contributed by atoms with E-state index in [2.05, 4.69) is 35.6 Å². The molecule has 14 heavy (non-hydrogen) atoms. The molecule has 1 aliphatic rings. The van der Waals surface area contributed by atoms with Gasteiger partial charge in [-0.05, 0) is 37.4 Å². The molecule has 0 unspecified atom stereocenters. The number of halogens is 2. The van der Waals surface area contributed by atoms with Gasteiger partial charge in [0.05, 0.1) is 0 Å². The molecule has 0 saturated carbocycles. The second-order valence-corrected chi connectivity index (χ2v) is 3.43. The molecule has 0 bridgehead atoms. The molecule has 1 heterocycles. The Morgan fingerprint density at radius 2 is 1.50 bits per heavy atom. The first-order chi connectivity index (χ1) is 5.97. The number of hydrogen-bond donors (Lipinski definition) is 1. The van der Waals surface area contributed by atoms with Crippen LogP contribution in [0.1, 0.15) is 24.3 Å². The van der Waals surface area contributed by atoms with Gasteiger partial charge in [-0.2, -0.15) is 0 Å². The highest BCUT2D eigenvalue weighted by Crippen LogP contribution is 2.24. The van der Waals surface area contributed by atoms with Crippen molar-refractivity contribution in [2.24, 2.45) is 0 Å². The molecule has 1 aliphatic heterocycles. The Hall–Kier alpha value is -0.240. The van der Waals surface area contributed by atoms with Crippen LogP contribution in [-0.4, -0.2) is 13.1 Å². The first-order valence-electron chi connectivity index (χ1n) is 4.72. The summed E-state index contributed by atoms with van der Waals surface area (Å²) in [7, 11) is 0. The maximum Gasteiger partial charge on any atom is -0.00431 e. The second-order valence-electron chi connectivity index (χ2n) is 3.43. The molecule has 0 spiro atoms. The highest BCUT2D eigenvalue weighted by molar-refractivity contribution is 5.85. The van der Waals surface area contributed by atoms with Gasteiger partial charge in [-0.25, -0.2) is 0 Å². The van der Waals surface area contributed by atoms with Crippen LogP contribution in [0, 0.1) is 0 Å². The fourth-order valence-electron chi connectivity index (χ4n) is 1.88. The Kier molecular flexibility index (Phi) is 6.98. The summed E-state index contributed by atoms with van der Waals surface area (Å²) >= 11 is 0. The Morgan fingerprint density at radius 1 is 0.929 bits per heavy atom. The Bertz CT molecular complexity index is 232. The number of rotatable bonds is 1. The van der Waals surface area contributed by atoms with E-state index >= 15 is 0 Å². The van der Waals surface area contributed by atoms with Gasteiger partial charge >= 0.3 is 0 Å². The molecule has 0 aromatic heterocycles. The van der Waals surface area contributed by atoms with E-state index in [1.54, 1.807) is 0 Å². The zero-order valence-corrected chi connectivity index (χ0v) is 9.74. The van der Waals surface area contributed by atoms with Crippen molar-refractivity contribution >= 4 is 24.8 Å². The minimum atomic E-state index is 0. The Balaban J connectivity index is 0.000000845. The van der Waals surface area contributed by atoms with Gasteiger partial charge < -0.3 is 5.32 Å². The predicted molar refractivity (Wildman–Crippen MR) is 65.8 cm³/mol. The molecular formula is C11H17Cl2N. The Labute approximate surface area is 98.1 Å². The molecule has 1 fully saturated rings. The lowest BCUT2D eigenvalue weighted by molar-refractivity contribution is 0.460. The fraction of sp³-hybridized carbons (Fsp3) is 0.455. The molecule has 0 amide bonds. The molecule has 1 aromatic carbocycles. The highest BCUT2D eigenvalue weighted by Gasteiger charge is 2.13. The maximum atomic E-state index is 3.38. The van der Waals surface area contributed by atoms with Gasteiger partial charge in [0.15, 0.2) is 0 Å². The van der Waals surface area contributed by atoms with Crippen LogP contribution in [-0.2, 0) is 0 Å². The quantitative estimate of drug-likeness (QED) is 0.787. The number of benzene rings is 1. The van der Waals surface area contributed by atoms with Crippen LogP contribution in [0.15, 0.2) is 30.3 Å². The van der Waals surface area contributed by atoms with Crippen LogP contribution in [0.2, 0.25) is 0 Å². The lowest BCUT2D eigenvalue weighted by Gasteiger charge is -2.22. The summed E-state index contributed by atoms with van der Waals surface area (Å²) in [4.78, 5) is 0. The summed E-state index contributed by atoms with van der Waals surface area (Å²) in [6.07, 6.45) is 2.59. The predicted octanol–water partition coefficient (Wildman–Crippen LogP) is 3.00. The van der Waals surface area contributed by atoms with E-state index in [0.29, 0.717) is 0 Å². The molecule has 2 rings (SSSR count). The summed E-state index contributed by atoms with van der Waals surface area (Å²) < 4.78 is 0. The van der Waals surface area contributed by atoms with E-state index in [9.17, 15) is 0 Å². The average Bonchev–Trinajstić information content (AvgIpc) is 2.21. The van der Waals surface area contributed by atoms with Crippen molar-refractivity contribution in [3.8, 4) is 0 Å². The van der Waals surface area contributed by atoms with Gasteiger partial charge in [-0.15, -0.1) is 24.8 Å². The van der Waals surface area contributed by atoms with E-state index in [4.69, 9.17) is 0 Å². The van der Waals surface area contributed by atoms with Crippen molar-refractivity contribution in [1.29, 1.82) is 0 Å². The molecule has 1 aromatic rings.